The van der Waals surface area contributed by atoms with Crippen molar-refractivity contribution in [2.45, 2.75) is 6.61 Å². The number of aromatic nitrogens is 3. The second kappa shape index (κ2) is 6.98. The highest BCUT2D eigenvalue weighted by Crippen LogP contribution is 2.28. The molecule has 0 N–H and O–H groups in total. The van der Waals surface area contributed by atoms with E-state index >= 15 is 0 Å². The first-order chi connectivity index (χ1) is 13.8. The predicted octanol–water partition coefficient (Wildman–Crippen LogP) is 5.62. The number of thiophene rings is 1. The van der Waals surface area contributed by atoms with Gasteiger partial charge in [0, 0.05) is 28.7 Å². The molecule has 0 amide bonds. The average Bonchev–Trinajstić information content (AvgIpc) is 3.14. The number of benzene rings is 2. The number of halogens is 1. The summed E-state index contributed by atoms with van der Waals surface area (Å²) >= 11 is 1.55. The van der Waals surface area contributed by atoms with Crippen molar-refractivity contribution in [3.8, 4) is 17.1 Å². The van der Waals surface area contributed by atoms with E-state index in [1.54, 1.807) is 41.9 Å². The number of fused-ring (bicyclic) bond motifs is 2. The van der Waals surface area contributed by atoms with Gasteiger partial charge in [0.25, 0.3) is 0 Å². The first-order valence-electron chi connectivity index (χ1n) is 8.73. The van der Waals surface area contributed by atoms with Gasteiger partial charge in [0.2, 0.25) is 0 Å². The number of rotatable bonds is 4. The zero-order valence-electron chi connectivity index (χ0n) is 14.7. The molecule has 0 saturated carbocycles. The first kappa shape index (κ1) is 16.8. The van der Waals surface area contributed by atoms with Gasteiger partial charge in [-0.3, -0.25) is 4.98 Å². The molecule has 4 nitrogen and oxygen atoms in total. The van der Waals surface area contributed by atoms with Crippen LogP contribution < -0.4 is 4.74 Å². The highest BCUT2D eigenvalue weighted by atomic mass is 32.1. The van der Waals surface area contributed by atoms with Gasteiger partial charge < -0.3 is 4.74 Å². The Labute approximate surface area is 164 Å². The van der Waals surface area contributed by atoms with Gasteiger partial charge in [0.1, 0.15) is 18.2 Å². The summed E-state index contributed by atoms with van der Waals surface area (Å²) in [4.78, 5) is 13.2. The summed E-state index contributed by atoms with van der Waals surface area (Å²) in [6.45, 7) is 0.374. The Bertz CT molecular complexity index is 1300. The van der Waals surface area contributed by atoms with E-state index in [9.17, 15) is 4.39 Å². The number of pyridine rings is 1. The van der Waals surface area contributed by atoms with Crippen molar-refractivity contribution in [3.63, 3.8) is 0 Å². The van der Waals surface area contributed by atoms with Crippen LogP contribution in [0.2, 0.25) is 0 Å². The Balaban J connectivity index is 1.45. The third kappa shape index (κ3) is 3.08. The summed E-state index contributed by atoms with van der Waals surface area (Å²) in [6, 6.07) is 16.2. The highest BCUT2D eigenvalue weighted by Gasteiger charge is 2.12. The second-order valence-corrected chi connectivity index (χ2v) is 7.21. The minimum absolute atomic E-state index is 0.334. The molecular formula is C22H14FN3OS. The van der Waals surface area contributed by atoms with Gasteiger partial charge in [-0.1, -0.05) is 18.2 Å². The van der Waals surface area contributed by atoms with E-state index in [0.29, 0.717) is 18.0 Å². The zero-order chi connectivity index (χ0) is 18.9. The van der Waals surface area contributed by atoms with E-state index in [0.717, 1.165) is 32.4 Å². The maximum absolute atomic E-state index is 14.1. The van der Waals surface area contributed by atoms with Gasteiger partial charge in [-0.25, -0.2) is 14.4 Å². The lowest BCUT2D eigenvalue weighted by Crippen LogP contribution is -1.97. The molecule has 5 rings (SSSR count). The van der Waals surface area contributed by atoms with Crippen molar-refractivity contribution in [1.82, 2.24) is 15.0 Å². The number of ether oxygens (including phenoxy) is 1. The quantitative estimate of drug-likeness (QED) is 0.401. The van der Waals surface area contributed by atoms with Crippen LogP contribution in [0.3, 0.4) is 0 Å². The van der Waals surface area contributed by atoms with Gasteiger partial charge in [0.15, 0.2) is 5.82 Å². The Morgan fingerprint density at radius 3 is 2.86 bits per heavy atom. The lowest BCUT2D eigenvalue weighted by Gasteiger charge is -2.07. The molecular weight excluding hydrogens is 373 g/mol. The molecule has 0 aliphatic carbocycles. The Hall–Kier alpha value is -3.38. The van der Waals surface area contributed by atoms with Gasteiger partial charge in [-0.05, 0) is 36.4 Å². The zero-order valence-corrected chi connectivity index (χ0v) is 15.5. The maximum atomic E-state index is 14.1. The van der Waals surface area contributed by atoms with Crippen LogP contribution in [0.1, 0.15) is 5.56 Å². The summed E-state index contributed by atoms with van der Waals surface area (Å²) in [5.41, 5.74) is 3.06. The van der Waals surface area contributed by atoms with Gasteiger partial charge in [0.05, 0.1) is 21.3 Å². The normalized spacial score (nSPS) is 11.2. The predicted molar refractivity (Wildman–Crippen MR) is 109 cm³/mol. The molecule has 3 heterocycles. The summed E-state index contributed by atoms with van der Waals surface area (Å²) in [7, 11) is 0. The second-order valence-electron chi connectivity index (χ2n) is 6.29. The van der Waals surface area contributed by atoms with E-state index in [2.05, 4.69) is 15.0 Å². The van der Waals surface area contributed by atoms with Crippen LogP contribution in [0.5, 0.6) is 5.75 Å². The molecule has 0 saturated heterocycles. The molecule has 0 fully saturated rings. The summed E-state index contributed by atoms with van der Waals surface area (Å²) in [5.74, 6) is 0.810. The Kier molecular flexibility index (Phi) is 4.18. The molecule has 0 bridgehead atoms. The van der Waals surface area contributed by atoms with Gasteiger partial charge in [-0.15, -0.1) is 11.3 Å². The minimum atomic E-state index is -0.334. The molecule has 28 heavy (non-hydrogen) atoms. The third-order valence-corrected chi connectivity index (χ3v) is 5.43. The van der Waals surface area contributed by atoms with Crippen molar-refractivity contribution in [1.29, 1.82) is 0 Å². The van der Waals surface area contributed by atoms with Crippen molar-refractivity contribution in [3.05, 3.63) is 83.8 Å². The Morgan fingerprint density at radius 2 is 1.93 bits per heavy atom. The van der Waals surface area contributed by atoms with E-state index in [4.69, 9.17) is 4.74 Å². The fourth-order valence-corrected chi connectivity index (χ4v) is 3.91. The van der Waals surface area contributed by atoms with Crippen LogP contribution in [0.25, 0.3) is 32.5 Å². The van der Waals surface area contributed by atoms with Crippen LogP contribution in [-0.4, -0.2) is 15.0 Å². The van der Waals surface area contributed by atoms with E-state index in [-0.39, 0.29) is 5.82 Å². The summed E-state index contributed by atoms with van der Waals surface area (Å²) in [6.07, 6.45) is 3.51. The van der Waals surface area contributed by atoms with Crippen LogP contribution in [-0.2, 0) is 6.61 Å². The summed E-state index contributed by atoms with van der Waals surface area (Å²) < 4.78 is 21.0. The monoisotopic (exact) mass is 387 g/mol. The van der Waals surface area contributed by atoms with E-state index in [1.165, 1.54) is 6.07 Å². The lowest BCUT2D eigenvalue weighted by molar-refractivity contribution is 0.308. The molecule has 0 aliphatic heterocycles. The molecule has 0 spiro atoms. The van der Waals surface area contributed by atoms with Crippen molar-refractivity contribution < 1.29 is 9.13 Å². The molecule has 5 aromatic rings. The molecule has 6 heteroatoms. The highest BCUT2D eigenvalue weighted by molar-refractivity contribution is 7.17. The average molecular weight is 387 g/mol. The van der Waals surface area contributed by atoms with Crippen molar-refractivity contribution in [2.75, 3.05) is 0 Å². The van der Waals surface area contributed by atoms with Gasteiger partial charge >= 0.3 is 0 Å². The SMILES string of the molecule is Fc1ccccc1-c1ncc2scc(COc3ccc4ncccc4c3)c2n1. The van der Waals surface area contributed by atoms with Crippen LogP contribution in [0.4, 0.5) is 4.39 Å². The molecule has 136 valence electrons. The molecule has 0 unspecified atom stereocenters. The number of hydrogen-bond donors (Lipinski definition) is 0. The van der Waals surface area contributed by atoms with Crippen molar-refractivity contribution in [2.24, 2.45) is 0 Å². The molecule has 3 aromatic heterocycles. The standard InChI is InChI=1S/C22H14FN3OS/c23-18-6-2-1-5-17(18)22-25-11-20-21(26-22)15(13-28-20)12-27-16-7-8-19-14(10-16)4-3-9-24-19/h1-11,13H,12H2. The maximum Gasteiger partial charge on any atom is 0.162 e. The Morgan fingerprint density at radius 1 is 1.00 bits per heavy atom. The first-order valence-corrected chi connectivity index (χ1v) is 9.61. The molecule has 0 radical (unpaired) electrons. The minimum Gasteiger partial charge on any atom is -0.489 e. The van der Waals surface area contributed by atoms with Crippen LogP contribution >= 0.6 is 11.3 Å². The van der Waals surface area contributed by atoms with Crippen LogP contribution in [0.15, 0.2) is 72.4 Å². The van der Waals surface area contributed by atoms with Gasteiger partial charge in [-0.2, -0.15) is 0 Å². The molecule has 0 atom stereocenters. The lowest BCUT2D eigenvalue weighted by atomic mass is 10.2. The van der Waals surface area contributed by atoms with E-state index in [1.807, 2.05) is 35.7 Å². The number of nitrogens with zero attached hydrogens (tertiary/aromatic N) is 3. The topological polar surface area (TPSA) is 47.9 Å². The largest absolute Gasteiger partial charge is 0.489 e. The van der Waals surface area contributed by atoms with Crippen LogP contribution in [0, 0.1) is 5.82 Å². The molecule has 0 aliphatic rings. The fraction of sp³-hybridized carbons (Fsp3) is 0.0455. The third-order valence-electron chi connectivity index (χ3n) is 4.47. The number of hydrogen-bond acceptors (Lipinski definition) is 5. The summed E-state index contributed by atoms with van der Waals surface area (Å²) in [5, 5.41) is 3.03. The van der Waals surface area contributed by atoms with Crippen molar-refractivity contribution >= 4 is 32.5 Å². The fourth-order valence-electron chi connectivity index (χ4n) is 3.06. The van der Waals surface area contributed by atoms with E-state index < -0.39 is 0 Å². The molecule has 2 aromatic carbocycles. The smallest absolute Gasteiger partial charge is 0.162 e.